The van der Waals surface area contributed by atoms with Crippen LogP contribution in [0.2, 0.25) is 0 Å². The number of unbranched alkanes of at least 4 members (excludes halogenated alkanes) is 13. The van der Waals surface area contributed by atoms with Gasteiger partial charge >= 0.3 is 6.16 Å². The zero-order valence-electron chi connectivity index (χ0n) is 33.2. The molecule has 1 aromatic heterocycles. The molecule has 14 heteroatoms. The lowest BCUT2D eigenvalue weighted by atomic mass is 9.84. The highest BCUT2D eigenvalue weighted by Gasteiger charge is 2.54. The monoisotopic (exact) mass is 784 g/mol. The Morgan fingerprint density at radius 3 is 2.25 bits per heavy atom. The Bertz CT molecular complexity index is 1770. The third kappa shape index (κ3) is 10.9. The van der Waals surface area contributed by atoms with Crippen LogP contribution in [0.1, 0.15) is 162 Å². The minimum atomic E-state index is -0.993. The van der Waals surface area contributed by atoms with E-state index in [2.05, 4.69) is 17.4 Å². The van der Waals surface area contributed by atoms with Gasteiger partial charge in [-0.25, -0.2) is 13.6 Å². The standard InChI is InChI=1S/C42H58F2N4O8/c1-4-5-6-7-8-9-10-11-12-13-14-15-16-17-22-53-41(52)55-28-54-38-36-40(51)47-27-35(42(21-20-30(47)3)24-29(2)46-56-42)48(36)26-33(37(38)49)39(50)45-25-31-18-19-32(43)23-34(31)44/h18-19,23,26,30,35H,4-17,20-22,24-25,27-28H2,1-3H3,(H,45,50)/t30-,35+,42-/m0/s1. The van der Waals surface area contributed by atoms with Crippen molar-refractivity contribution in [3.05, 3.63) is 63.1 Å². The lowest BCUT2D eigenvalue weighted by Gasteiger charge is -2.42. The van der Waals surface area contributed by atoms with E-state index < -0.39 is 64.8 Å². The lowest BCUT2D eigenvalue weighted by molar-refractivity contribution is -0.0658. The fourth-order valence-corrected chi connectivity index (χ4v) is 7.97. The van der Waals surface area contributed by atoms with Crippen molar-refractivity contribution in [2.24, 2.45) is 5.16 Å². The number of nitrogens with one attached hydrogen (secondary N) is 1. The van der Waals surface area contributed by atoms with Crippen LogP contribution in [0.25, 0.3) is 0 Å². The molecular formula is C42H58F2N4O8. The molecular weight excluding hydrogens is 726 g/mol. The highest BCUT2D eigenvalue weighted by Crippen LogP contribution is 2.46. The molecule has 5 rings (SSSR count). The van der Waals surface area contributed by atoms with Gasteiger partial charge in [-0.1, -0.05) is 102 Å². The normalized spacial score (nSPS) is 19.9. The Morgan fingerprint density at radius 2 is 1.62 bits per heavy atom. The van der Waals surface area contributed by atoms with Gasteiger partial charge in [-0.15, -0.1) is 0 Å². The minimum absolute atomic E-state index is 0.00444. The number of amides is 2. The van der Waals surface area contributed by atoms with Crippen LogP contribution >= 0.6 is 0 Å². The Balaban J connectivity index is 1.19. The van der Waals surface area contributed by atoms with E-state index in [-0.39, 0.29) is 37.0 Å². The summed E-state index contributed by atoms with van der Waals surface area (Å²) in [6.45, 7) is 5.28. The molecule has 3 aliphatic heterocycles. The second-order valence-corrected chi connectivity index (χ2v) is 15.5. The zero-order chi connectivity index (χ0) is 40.1. The van der Waals surface area contributed by atoms with Crippen LogP contribution in [0, 0.1) is 11.6 Å². The predicted molar refractivity (Wildman–Crippen MR) is 207 cm³/mol. The van der Waals surface area contributed by atoms with Gasteiger partial charge in [0.15, 0.2) is 11.3 Å². The van der Waals surface area contributed by atoms with Gasteiger partial charge in [0.1, 0.15) is 17.2 Å². The molecule has 0 radical (unpaired) electrons. The van der Waals surface area contributed by atoms with Crippen molar-refractivity contribution in [3.8, 4) is 5.75 Å². The van der Waals surface area contributed by atoms with E-state index in [1.54, 1.807) is 4.90 Å². The molecule has 1 N–H and O–H groups in total. The Morgan fingerprint density at radius 1 is 0.964 bits per heavy atom. The van der Waals surface area contributed by atoms with Crippen molar-refractivity contribution in [2.75, 3.05) is 19.9 Å². The molecule has 2 bridgehead atoms. The first-order chi connectivity index (χ1) is 27.0. The molecule has 1 saturated heterocycles. The summed E-state index contributed by atoms with van der Waals surface area (Å²) in [6, 6.07) is 2.17. The number of carbonyl (C=O) groups excluding carboxylic acids is 3. The van der Waals surface area contributed by atoms with Crippen molar-refractivity contribution in [1.29, 1.82) is 0 Å². The van der Waals surface area contributed by atoms with Crippen molar-refractivity contribution in [3.63, 3.8) is 0 Å². The van der Waals surface area contributed by atoms with Crippen LogP contribution in [0.5, 0.6) is 5.75 Å². The van der Waals surface area contributed by atoms with Crippen LogP contribution in [0.3, 0.4) is 0 Å². The highest BCUT2D eigenvalue weighted by molar-refractivity contribution is 5.99. The number of fused-ring (bicyclic) bond motifs is 5. The molecule has 56 heavy (non-hydrogen) atoms. The van der Waals surface area contributed by atoms with Crippen molar-refractivity contribution < 1.29 is 42.2 Å². The summed E-state index contributed by atoms with van der Waals surface area (Å²) in [6.07, 6.45) is 18.8. The molecule has 2 aromatic rings. The molecule has 12 nitrogen and oxygen atoms in total. The molecule has 3 atom stereocenters. The maximum absolute atomic E-state index is 14.4. The number of halogens is 2. The summed E-state index contributed by atoms with van der Waals surface area (Å²) in [7, 11) is 0. The number of hydrogen-bond acceptors (Lipinski definition) is 9. The number of benzene rings is 1. The van der Waals surface area contributed by atoms with E-state index >= 15 is 0 Å². The van der Waals surface area contributed by atoms with Gasteiger partial charge in [-0.2, -0.15) is 0 Å². The number of nitrogens with zero attached hydrogens (tertiary/aromatic N) is 3. The first-order valence-electron chi connectivity index (χ1n) is 20.5. The number of hydrogen-bond donors (Lipinski definition) is 1. The third-order valence-electron chi connectivity index (χ3n) is 11.2. The predicted octanol–water partition coefficient (Wildman–Crippen LogP) is 8.74. The number of oxime groups is 1. The van der Waals surface area contributed by atoms with E-state index in [9.17, 15) is 28.0 Å². The summed E-state index contributed by atoms with van der Waals surface area (Å²) in [5, 5.41) is 6.74. The molecule has 4 heterocycles. The molecule has 1 spiro atoms. The van der Waals surface area contributed by atoms with E-state index in [1.165, 1.54) is 81.0 Å². The largest absolute Gasteiger partial charge is 0.511 e. The maximum Gasteiger partial charge on any atom is 0.511 e. The second kappa shape index (κ2) is 20.6. The molecule has 1 aromatic carbocycles. The summed E-state index contributed by atoms with van der Waals surface area (Å²) in [5.74, 6) is -3.48. The Kier molecular flexibility index (Phi) is 15.7. The second-order valence-electron chi connectivity index (χ2n) is 15.5. The summed E-state index contributed by atoms with van der Waals surface area (Å²) in [4.78, 5) is 61.8. The van der Waals surface area contributed by atoms with Crippen LogP contribution in [-0.4, -0.2) is 64.7 Å². The van der Waals surface area contributed by atoms with Gasteiger partial charge in [0, 0.05) is 43.4 Å². The quantitative estimate of drug-likeness (QED) is 0.0754. The topological polar surface area (TPSA) is 138 Å². The number of aromatic nitrogens is 1. The van der Waals surface area contributed by atoms with Crippen LogP contribution in [0.15, 0.2) is 34.3 Å². The Hall–Kier alpha value is -4.49. The Labute approximate surface area is 328 Å². The third-order valence-corrected chi connectivity index (χ3v) is 11.2. The fraction of sp³-hybridized carbons (Fsp3) is 0.643. The van der Waals surface area contributed by atoms with Gasteiger partial charge in [0.05, 0.1) is 18.4 Å². The summed E-state index contributed by atoms with van der Waals surface area (Å²) < 4.78 is 45.5. The van der Waals surface area contributed by atoms with Crippen molar-refractivity contribution >= 4 is 23.7 Å². The first-order valence-corrected chi connectivity index (χ1v) is 20.5. The van der Waals surface area contributed by atoms with Gasteiger partial charge in [0.2, 0.25) is 18.0 Å². The van der Waals surface area contributed by atoms with Crippen LogP contribution in [0.4, 0.5) is 13.6 Å². The number of rotatable bonds is 21. The molecule has 1 fully saturated rings. The lowest BCUT2D eigenvalue weighted by Crippen LogP contribution is -2.52. The van der Waals surface area contributed by atoms with Crippen molar-refractivity contribution in [2.45, 2.75) is 154 Å². The van der Waals surface area contributed by atoms with Crippen molar-refractivity contribution in [1.82, 2.24) is 14.8 Å². The van der Waals surface area contributed by atoms with Crippen LogP contribution < -0.4 is 15.5 Å². The molecule has 308 valence electrons. The smallest absolute Gasteiger partial charge is 0.451 e. The fourth-order valence-electron chi connectivity index (χ4n) is 7.97. The minimum Gasteiger partial charge on any atom is -0.451 e. The van der Waals surface area contributed by atoms with Gasteiger partial charge in [0.25, 0.3) is 11.8 Å². The SMILES string of the molecule is CCCCCCCCCCCCCCCCOC(=O)OCOc1c2n(cc(C(=O)NCc3ccc(F)cc3F)c1=O)[C@@H]1CN(C2=O)[C@@H](C)CC[C@]12CC(C)=NO2. The molecule has 2 amide bonds. The van der Waals surface area contributed by atoms with E-state index in [0.717, 1.165) is 31.0 Å². The average Bonchev–Trinajstić information content (AvgIpc) is 3.51. The zero-order valence-corrected chi connectivity index (χ0v) is 33.2. The molecule has 0 aliphatic carbocycles. The number of carbonyl (C=O) groups is 3. The highest BCUT2D eigenvalue weighted by atomic mass is 19.1. The molecule has 0 unspecified atom stereocenters. The summed E-state index contributed by atoms with van der Waals surface area (Å²) in [5.41, 5.74) is -1.54. The molecule has 0 saturated carbocycles. The molecule has 3 aliphatic rings. The van der Waals surface area contributed by atoms with E-state index in [0.29, 0.717) is 31.7 Å². The number of pyridine rings is 1. The van der Waals surface area contributed by atoms with E-state index in [4.69, 9.17) is 19.0 Å². The average molecular weight is 785 g/mol. The maximum atomic E-state index is 14.4. The number of ether oxygens (including phenoxy) is 3. The van der Waals surface area contributed by atoms with Gasteiger partial charge in [-0.3, -0.25) is 14.4 Å². The van der Waals surface area contributed by atoms with Crippen LogP contribution in [-0.2, 0) is 20.9 Å². The van der Waals surface area contributed by atoms with Gasteiger partial charge < -0.3 is 33.8 Å². The first kappa shape index (κ1) is 42.6. The van der Waals surface area contributed by atoms with Gasteiger partial charge in [-0.05, 0) is 39.2 Å². The van der Waals surface area contributed by atoms with E-state index in [1.807, 2.05) is 13.8 Å². The summed E-state index contributed by atoms with van der Waals surface area (Å²) >= 11 is 0.